The summed E-state index contributed by atoms with van der Waals surface area (Å²) in [5, 5.41) is 7.61. The summed E-state index contributed by atoms with van der Waals surface area (Å²) in [6, 6.07) is 14.0. The molecule has 1 amide bonds. The molecule has 2 aromatic carbocycles. The first-order chi connectivity index (χ1) is 16.5. The Morgan fingerprint density at radius 1 is 1.00 bits per heavy atom. The number of fused-ring (bicyclic) bond motifs is 1. The Kier molecular flexibility index (Phi) is 7.35. The molecule has 0 spiro atoms. The summed E-state index contributed by atoms with van der Waals surface area (Å²) >= 11 is 0. The Morgan fingerprint density at radius 3 is 2.47 bits per heavy atom. The fourth-order valence-electron chi connectivity index (χ4n) is 4.57. The van der Waals surface area contributed by atoms with E-state index in [0.29, 0.717) is 24.0 Å². The Hall–Kier alpha value is -3.55. The van der Waals surface area contributed by atoms with Gasteiger partial charge in [-0.2, -0.15) is 4.98 Å². The summed E-state index contributed by atoms with van der Waals surface area (Å²) in [6.07, 6.45) is 3.45. The fourth-order valence-corrected chi connectivity index (χ4v) is 4.57. The first-order valence-electron chi connectivity index (χ1n) is 11.7. The van der Waals surface area contributed by atoms with Crippen molar-refractivity contribution in [3.05, 3.63) is 48.0 Å². The van der Waals surface area contributed by atoms with Gasteiger partial charge in [-0.15, -0.1) is 0 Å². The minimum absolute atomic E-state index is 0.00418. The van der Waals surface area contributed by atoms with E-state index < -0.39 is 0 Å². The number of hydrogen-bond donors (Lipinski definition) is 2. The van der Waals surface area contributed by atoms with E-state index >= 15 is 0 Å². The number of amides is 1. The highest BCUT2D eigenvalue weighted by atomic mass is 16.5. The van der Waals surface area contributed by atoms with Crippen molar-refractivity contribution in [1.29, 1.82) is 0 Å². The number of para-hydroxylation sites is 2. The molecule has 0 atom stereocenters. The Bertz CT molecular complexity index is 1140. The van der Waals surface area contributed by atoms with Crippen LogP contribution in [0.4, 0.5) is 11.8 Å². The first kappa shape index (κ1) is 23.6. The lowest BCUT2D eigenvalue weighted by atomic mass is 9.85. The zero-order valence-corrected chi connectivity index (χ0v) is 20.3. The number of hydrogen-bond acceptors (Lipinski definition) is 7. The van der Waals surface area contributed by atoms with Gasteiger partial charge in [-0.25, -0.2) is 4.98 Å². The van der Waals surface area contributed by atoms with E-state index in [9.17, 15) is 4.79 Å². The lowest BCUT2D eigenvalue weighted by Crippen LogP contribution is -2.36. The van der Waals surface area contributed by atoms with Crippen molar-refractivity contribution in [2.45, 2.75) is 38.3 Å². The third-order valence-corrected chi connectivity index (χ3v) is 6.38. The maximum absolute atomic E-state index is 12.8. The van der Waals surface area contributed by atoms with Crippen LogP contribution in [-0.2, 0) is 11.3 Å². The van der Waals surface area contributed by atoms with Gasteiger partial charge in [-0.05, 0) is 43.9 Å². The summed E-state index contributed by atoms with van der Waals surface area (Å²) < 4.78 is 10.8. The van der Waals surface area contributed by atoms with Crippen molar-refractivity contribution in [3.63, 3.8) is 0 Å². The van der Waals surface area contributed by atoms with E-state index in [4.69, 9.17) is 19.4 Å². The number of ether oxygens (including phenoxy) is 2. The highest BCUT2D eigenvalue weighted by molar-refractivity contribution is 5.90. The molecule has 3 aromatic rings. The van der Waals surface area contributed by atoms with Crippen LogP contribution in [0.15, 0.2) is 42.5 Å². The number of methoxy groups -OCH3 is 2. The van der Waals surface area contributed by atoms with Crippen LogP contribution in [0.5, 0.6) is 11.5 Å². The molecule has 1 saturated carbocycles. The summed E-state index contributed by atoms with van der Waals surface area (Å²) in [7, 11) is 7.20. The van der Waals surface area contributed by atoms with Gasteiger partial charge >= 0.3 is 0 Å². The monoisotopic (exact) mass is 463 g/mol. The Morgan fingerprint density at radius 2 is 1.76 bits per heavy atom. The molecule has 1 aliphatic rings. The van der Waals surface area contributed by atoms with E-state index in [1.165, 1.54) is 0 Å². The van der Waals surface area contributed by atoms with Crippen LogP contribution in [0.25, 0.3) is 10.9 Å². The Balaban J connectivity index is 1.34. The summed E-state index contributed by atoms with van der Waals surface area (Å²) in [4.78, 5) is 24.3. The highest BCUT2D eigenvalue weighted by Gasteiger charge is 2.27. The largest absolute Gasteiger partial charge is 0.493 e. The van der Waals surface area contributed by atoms with Crippen molar-refractivity contribution < 1.29 is 14.3 Å². The molecule has 0 saturated heterocycles. The minimum Gasteiger partial charge on any atom is -0.493 e. The summed E-state index contributed by atoms with van der Waals surface area (Å²) in [6.45, 7) is 0.412. The van der Waals surface area contributed by atoms with Gasteiger partial charge in [0.25, 0.3) is 0 Å². The second kappa shape index (κ2) is 10.6. The number of aromatic nitrogens is 2. The average Bonchev–Trinajstić information content (AvgIpc) is 2.86. The molecule has 1 heterocycles. The molecule has 2 N–H and O–H groups in total. The van der Waals surface area contributed by atoms with Crippen LogP contribution in [0.3, 0.4) is 0 Å². The number of anilines is 2. The zero-order valence-electron chi connectivity index (χ0n) is 20.3. The molecule has 8 heteroatoms. The molecule has 0 bridgehead atoms. The molecule has 0 aliphatic heterocycles. The van der Waals surface area contributed by atoms with Crippen molar-refractivity contribution >= 4 is 28.6 Å². The van der Waals surface area contributed by atoms with Gasteiger partial charge in [0.15, 0.2) is 11.5 Å². The molecular formula is C26H33N5O3. The van der Waals surface area contributed by atoms with Crippen molar-refractivity contribution in [3.8, 4) is 11.5 Å². The lowest BCUT2D eigenvalue weighted by molar-refractivity contribution is -0.126. The van der Waals surface area contributed by atoms with Crippen LogP contribution in [0.1, 0.15) is 31.2 Å². The zero-order chi connectivity index (χ0) is 24.1. The smallest absolute Gasteiger partial charge is 0.225 e. The van der Waals surface area contributed by atoms with Gasteiger partial charge < -0.3 is 25.0 Å². The molecule has 0 unspecified atom stereocenters. The molecule has 1 aromatic heterocycles. The van der Waals surface area contributed by atoms with Crippen molar-refractivity contribution in [2.75, 3.05) is 38.5 Å². The van der Waals surface area contributed by atoms with E-state index in [1.54, 1.807) is 14.2 Å². The van der Waals surface area contributed by atoms with Crippen LogP contribution in [-0.4, -0.2) is 50.2 Å². The topological polar surface area (TPSA) is 88.6 Å². The fraction of sp³-hybridized carbons (Fsp3) is 0.423. The molecule has 34 heavy (non-hydrogen) atoms. The third-order valence-electron chi connectivity index (χ3n) is 6.38. The molecule has 1 fully saturated rings. The van der Waals surface area contributed by atoms with E-state index in [1.807, 2.05) is 61.5 Å². The van der Waals surface area contributed by atoms with Crippen molar-refractivity contribution in [2.24, 2.45) is 5.92 Å². The average molecular weight is 464 g/mol. The maximum atomic E-state index is 12.8. The quantitative estimate of drug-likeness (QED) is 0.522. The molecule has 8 nitrogen and oxygen atoms in total. The molecule has 1 aliphatic carbocycles. The molecule has 4 rings (SSSR count). The van der Waals surface area contributed by atoms with E-state index in [2.05, 4.69) is 10.6 Å². The van der Waals surface area contributed by atoms with E-state index in [0.717, 1.165) is 48.0 Å². The summed E-state index contributed by atoms with van der Waals surface area (Å²) in [5.41, 5.74) is 1.82. The predicted octanol–water partition coefficient (Wildman–Crippen LogP) is 4.00. The minimum atomic E-state index is 0.00418. The Labute approximate surface area is 200 Å². The van der Waals surface area contributed by atoms with Gasteiger partial charge in [-0.1, -0.05) is 24.3 Å². The van der Waals surface area contributed by atoms with Gasteiger partial charge in [0.05, 0.1) is 19.7 Å². The van der Waals surface area contributed by atoms with Crippen LogP contribution >= 0.6 is 0 Å². The lowest BCUT2D eigenvalue weighted by Gasteiger charge is -2.29. The number of rotatable bonds is 8. The van der Waals surface area contributed by atoms with Gasteiger partial charge in [-0.3, -0.25) is 4.79 Å². The van der Waals surface area contributed by atoms with Crippen LogP contribution < -0.4 is 25.0 Å². The normalized spacial score (nSPS) is 17.8. The van der Waals surface area contributed by atoms with Gasteiger partial charge in [0.2, 0.25) is 11.9 Å². The standard InChI is InChI=1S/C26H33N5O3/c1-31(2)24-20-9-5-6-10-21(20)29-26(30-24)28-19-14-12-17(13-15-19)25(32)27-16-18-8-7-11-22(33-3)23(18)34-4/h5-11,17,19H,12-16H2,1-4H3,(H,27,32)(H,28,29,30). The summed E-state index contributed by atoms with van der Waals surface area (Å²) in [5.74, 6) is 2.94. The van der Waals surface area contributed by atoms with Crippen LogP contribution in [0.2, 0.25) is 0 Å². The van der Waals surface area contributed by atoms with Gasteiger partial charge in [0, 0.05) is 43.5 Å². The van der Waals surface area contributed by atoms with Gasteiger partial charge in [0.1, 0.15) is 5.82 Å². The number of nitrogens with zero attached hydrogens (tertiary/aromatic N) is 3. The third kappa shape index (κ3) is 5.16. The predicted molar refractivity (Wildman–Crippen MR) is 135 cm³/mol. The number of carbonyl (C=O) groups is 1. The highest BCUT2D eigenvalue weighted by Crippen LogP contribution is 2.31. The molecule has 0 radical (unpaired) electrons. The second-order valence-electron chi connectivity index (χ2n) is 8.85. The SMILES string of the molecule is COc1cccc(CNC(=O)C2CCC(Nc3nc(N(C)C)c4ccccc4n3)CC2)c1OC. The maximum Gasteiger partial charge on any atom is 0.225 e. The molecule has 180 valence electrons. The van der Waals surface area contributed by atoms with Crippen molar-refractivity contribution in [1.82, 2.24) is 15.3 Å². The van der Waals surface area contributed by atoms with E-state index in [-0.39, 0.29) is 17.9 Å². The number of nitrogens with one attached hydrogen (secondary N) is 2. The van der Waals surface area contributed by atoms with Crippen LogP contribution in [0, 0.1) is 5.92 Å². The number of carbonyl (C=O) groups excluding carboxylic acids is 1. The first-order valence-corrected chi connectivity index (χ1v) is 11.7. The second-order valence-corrected chi connectivity index (χ2v) is 8.85. The molecular weight excluding hydrogens is 430 g/mol. The number of benzene rings is 2.